The van der Waals surface area contributed by atoms with Crippen molar-refractivity contribution in [3.63, 3.8) is 0 Å². The predicted molar refractivity (Wildman–Crippen MR) is 122 cm³/mol. The monoisotopic (exact) mass is 462 g/mol. The second kappa shape index (κ2) is 8.27. The zero-order valence-electron chi connectivity index (χ0n) is 19.5. The van der Waals surface area contributed by atoms with Gasteiger partial charge in [-0.05, 0) is 57.2 Å². The third-order valence-corrected chi connectivity index (χ3v) is 7.91. The fourth-order valence-electron chi connectivity index (χ4n) is 6.05. The van der Waals surface area contributed by atoms with Gasteiger partial charge in [0.2, 0.25) is 0 Å². The molecule has 0 spiro atoms. The minimum absolute atomic E-state index is 0.136. The van der Waals surface area contributed by atoms with Crippen LogP contribution in [0.2, 0.25) is 0 Å². The molecule has 2 aliphatic carbocycles. The van der Waals surface area contributed by atoms with Crippen LogP contribution in [0, 0.1) is 11.8 Å². The van der Waals surface area contributed by atoms with Gasteiger partial charge in [-0.15, -0.1) is 0 Å². The Morgan fingerprint density at radius 2 is 1.76 bits per heavy atom. The van der Waals surface area contributed by atoms with E-state index in [1.165, 1.54) is 19.0 Å². The summed E-state index contributed by atoms with van der Waals surface area (Å²) in [4.78, 5) is 8.97. The summed E-state index contributed by atoms with van der Waals surface area (Å²) in [7, 11) is 0. The van der Waals surface area contributed by atoms with E-state index in [-0.39, 0.29) is 6.04 Å². The number of anilines is 1. The summed E-state index contributed by atoms with van der Waals surface area (Å²) in [6.45, 7) is 12.1. The number of piperazine rings is 1. The zero-order chi connectivity index (χ0) is 23.5. The van der Waals surface area contributed by atoms with E-state index >= 15 is 0 Å². The first-order valence-electron chi connectivity index (χ1n) is 12.1. The van der Waals surface area contributed by atoms with E-state index in [0.717, 1.165) is 44.5 Å². The second-order valence-electron chi connectivity index (χ2n) is 10.1. The molecule has 1 aliphatic heterocycles. The number of nitrogens with two attached hydrogens (primary N) is 1. The van der Waals surface area contributed by atoms with E-state index < -0.39 is 17.6 Å². The molecule has 33 heavy (non-hydrogen) atoms. The smallest absolute Gasteiger partial charge is 0.383 e. The maximum atomic E-state index is 13.3. The van der Waals surface area contributed by atoms with Gasteiger partial charge in [-0.1, -0.05) is 6.92 Å². The first kappa shape index (κ1) is 22.7. The van der Waals surface area contributed by atoms with Crippen LogP contribution in [-0.2, 0) is 6.18 Å². The van der Waals surface area contributed by atoms with Gasteiger partial charge in [0, 0.05) is 61.6 Å². The molecule has 2 aromatic heterocycles. The molecule has 2 saturated carbocycles. The van der Waals surface area contributed by atoms with E-state index in [1.54, 1.807) is 0 Å². The molecule has 2 N–H and O–H groups in total. The highest BCUT2D eigenvalue weighted by atomic mass is 19.4. The number of halogens is 3. The van der Waals surface area contributed by atoms with E-state index in [9.17, 15) is 13.2 Å². The number of aromatic nitrogens is 3. The average Bonchev–Trinajstić information content (AvgIpc) is 3.13. The van der Waals surface area contributed by atoms with Crippen molar-refractivity contribution in [2.45, 2.75) is 57.8 Å². The Hall–Kier alpha value is -2.13. The molecule has 0 amide bonds. The lowest BCUT2D eigenvalue weighted by molar-refractivity contribution is -0.137. The second-order valence-corrected chi connectivity index (χ2v) is 10.1. The van der Waals surface area contributed by atoms with Crippen molar-refractivity contribution in [2.75, 3.05) is 38.5 Å². The number of hydrogen-bond acceptors (Lipinski definition) is 5. The Morgan fingerprint density at radius 1 is 1.09 bits per heavy atom. The number of nitrogen functional groups attached to an aromatic ring is 1. The van der Waals surface area contributed by atoms with Crippen LogP contribution in [0.25, 0.3) is 11.3 Å². The fraction of sp³-hybridized carbons (Fsp3) is 0.667. The largest absolute Gasteiger partial charge is 0.419 e. The molecule has 2 aromatic rings. The van der Waals surface area contributed by atoms with Crippen LogP contribution in [0.1, 0.15) is 56.8 Å². The van der Waals surface area contributed by atoms with Crippen LogP contribution in [-0.4, -0.2) is 63.3 Å². The van der Waals surface area contributed by atoms with Crippen molar-refractivity contribution >= 4 is 5.82 Å². The van der Waals surface area contributed by atoms with Crippen molar-refractivity contribution in [3.05, 3.63) is 29.6 Å². The third-order valence-electron chi connectivity index (χ3n) is 7.91. The summed E-state index contributed by atoms with van der Waals surface area (Å²) in [6, 6.07) is 3.85. The lowest BCUT2D eigenvalue weighted by Crippen LogP contribution is -2.49. The summed E-state index contributed by atoms with van der Waals surface area (Å²) in [5, 5.41) is 4.70. The molecule has 0 bridgehead atoms. The van der Waals surface area contributed by atoms with Gasteiger partial charge >= 0.3 is 6.18 Å². The fourth-order valence-corrected chi connectivity index (χ4v) is 6.05. The summed E-state index contributed by atoms with van der Waals surface area (Å²) < 4.78 is 42.0. The van der Waals surface area contributed by atoms with Gasteiger partial charge in [0.1, 0.15) is 5.82 Å². The molecule has 5 rings (SSSR count). The van der Waals surface area contributed by atoms with Gasteiger partial charge in [0.25, 0.3) is 0 Å². The first-order valence-corrected chi connectivity index (χ1v) is 12.1. The van der Waals surface area contributed by atoms with E-state index in [0.29, 0.717) is 35.1 Å². The van der Waals surface area contributed by atoms with Gasteiger partial charge in [-0.25, -0.2) is 4.98 Å². The minimum Gasteiger partial charge on any atom is -0.383 e. The summed E-state index contributed by atoms with van der Waals surface area (Å²) >= 11 is 0. The van der Waals surface area contributed by atoms with Crippen LogP contribution in [0.3, 0.4) is 0 Å². The van der Waals surface area contributed by atoms with Gasteiger partial charge < -0.3 is 10.6 Å². The normalized spacial score (nSPS) is 28.5. The highest BCUT2D eigenvalue weighted by molar-refractivity contribution is 5.63. The number of likely N-dealkylation sites (N-methyl/N-ethyl adjacent to an activating group) is 1. The summed E-state index contributed by atoms with van der Waals surface area (Å²) in [5.41, 5.74) is 6.62. The quantitative estimate of drug-likeness (QED) is 0.720. The van der Waals surface area contributed by atoms with Gasteiger partial charge in [0.15, 0.2) is 0 Å². The molecule has 180 valence electrons. The lowest BCUT2D eigenvalue weighted by atomic mass is 10.0. The Kier molecular flexibility index (Phi) is 5.68. The SMILES string of the molecule is CCN1CCN(C2C[C@@H]3C(c4cc(-c5cnc(N)c(C(F)(F)F)c5)nn4C(C)C)[C@@H]3C2)CC1. The van der Waals surface area contributed by atoms with E-state index in [4.69, 9.17) is 10.8 Å². The topological polar surface area (TPSA) is 63.2 Å². The van der Waals surface area contributed by atoms with Gasteiger partial charge in [-0.2, -0.15) is 18.3 Å². The zero-order valence-corrected chi connectivity index (χ0v) is 19.5. The lowest BCUT2D eigenvalue weighted by Gasteiger charge is -2.38. The van der Waals surface area contributed by atoms with E-state index in [2.05, 4.69) is 35.6 Å². The molecular weight excluding hydrogens is 429 g/mol. The first-order chi connectivity index (χ1) is 15.7. The van der Waals surface area contributed by atoms with Crippen LogP contribution in [0.5, 0.6) is 0 Å². The maximum absolute atomic E-state index is 13.3. The number of hydrogen-bond donors (Lipinski definition) is 1. The van der Waals surface area contributed by atoms with Crippen molar-refractivity contribution in [1.82, 2.24) is 24.6 Å². The molecule has 0 aromatic carbocycles. The van der Waals surface area contributed by atoms with Crippen LogP contribution in [0.15, 0.2) is 18.3 Å². The Labute approximate surface area is 192 Å². The maximum Gasteiger partial charge on any atom is 0.419 e. The average molecular weight is 463 g/mol. The van der Waals surface area contributed by atoms with Crippen molar-refractivity contribution in [1.29, 1.82) is 0 Å². The summed E-state index contributed by atoms with van der Waals surface area (Å²) in [6.07, 6.45) is -0.730. The molecule has 1 saturated heterocycles. The Bertz CT molecular complexity index is 996. The molecule has 9 heteroatoms. The van der Waals surface area contributed by atoms with Gasteiger partial charge in [0.05, 0.1) is 11.3 Å². The molecule has 2 unspecified atom stereocenters. The van der Waals surface area contributed by atoms with E-state index in [1.807, 2.05) is 10.7 Å². The van der Waals surface area contributed by atoms with Crippen LogP contribution in [0.4, 0.5) is 19.0 Å². The molecule has 6 nitrogen and oxygen atoms in total. The number of alkyl halides is 3. The minimum atomic E-state index is -4.54. The number of pyridine rings is 1. The molecule has 3 fully saturated rings. The number of nitrogens with zero attached hydrogens (tertiary/aromatic N) is 5. The van der Waals surface area contributed by atoms with Gasteiger partial charge in [-0.3, -0.25) is 9.58 Å². The van der Waals surface area contributed by atoms with Crippen molar-refractivity contribution in [2.24, 2.45) is 11.8 Å². The standard InChI is InChI=1S/C24H33F3N6/c1-4-31-5-7-32(8-6-31)16-10-17-18(11-16)22(17)21-12-20(30-33(21)14(2)3)15-9-19(24(25,26)27)23(28)29-13-15/h9,12-14,16-18,22H,4-8,10-11H2,1-3H3,(H2,28,29)/t16?,17-,18+,22?. The Morgan fingerprint density at radius 3 is 2.33 bits per heavy atom. The van der Waals surface area contributed by atoms with Crippen LogP contribution >= 0.6 is 0 Å². The molecule has 0 radical (unpaired) electrons. The number of rotatable bonds is 5. The molecule has 3 aliphatic rings. The molecule has 3 heterocycles. The molecular formula is C24H33F3N6. The van der Waals surface area contributed by atoms with Crippen molar-refractivity contribution in [3.8, 4) is 11.3 Å². The third kappa shape index (κ3) is 4.14. The highest BCUT2D eigenvalue weighted by Gasteiger charge is 2.58. The number of fused-ring (bicyclic) bond motifs is 1. The summed E-state index contributed by atoms with van der Waals surface area (Å²) in [5.74, 6) is 1.25. The van der Waals surface area contributed by atoms with Crippen LogP contribution < -0.4 is 5.73 Å². The van der Waals surface area contributed by atoms with Crippen molar-refractivity contribution < 1.29 is 13.2 Å². The molecule has 4 atom stereocenters. The predicted octanol–water partition coefficient (Wildman–Crippen LogP) is 4.26. The Balaban J connectivity index is 1.33. The highest BCUT2D eigenvalue weighted by Crippen LogP contribution is 2.64.